The van der Waals surface area contributed by atoms with Gasteiger partial charge in [-0.15, -0.1) is 0 Å². The Morgan fingerprint density at radius 2 is 1.95 bits per heavy atom. The number of carbonyl (C=O) groups excluding carboxylic acids is 1. The van der Waals surface area contributed by atoms with Crippen molar-refractivity contribution in [2.24, 2.45) is 10.9 Å². The number of nitrogens with one attached hydrogen (secondary N) is 1. The topological polar surface area (TPSA) is 65.4 Å². The molecule has 3 rings (SSSR count). The fourth-order valence-electron chi connectivity index (χ4n) is 2.27. The average molecular weight is 296 g/mol. The summed E-state index contributed by atoms with van der Waals surface area (Å²) in [4.78, 5) is 17.1. The molecule has 1 amide bonds. The third kappa shape index (κ3) is 2.51. The zero-order chi connectivity index (χ0) is 15.2. The van der Waals surface area contributed by atoms with Crippen LogP contribution in [0.25, 0.3) is 10.9 Å². The number of alkyl halides is 3. The molecule has 110 valence electrons. The minimum absolute atomic E-state index is 0.00674. The number of aromatic hydroxyl groups is 1. The average Bonchev–Trinajstić information content (AvgIpc) is 3.18. The van der Waals surface area contributed by atoms with Gasteiger partial charge in [0.05, 0.1) is 11.3 Å². The molecule has 1 aliphatic rings. The van der Waals surface area contributed by atoms with Crippen LogP contribution >= 0.6 is 0 Å². The number of rotatable bonds is 2. The Kier molecular flexibility index (Phi) is 3.00. The zero-order valence-corrected chi connectivity index (χ0v) is 10.7. The van der Waals surface area contributed by atoms with Gasteiger partial charge < -0.3 is 10.1 Å². The van der Waals surface area contributed by atoms with Crippen LogP contribution in [0.5, 0.6) is 5.88 Å². The summed E-state index contributed by atoms with van der Waals surface area (Å²) in [6, 6.07) is 6.79. The summed E-state index contributed by atoms with van der Waals surface area (Å²) in [5.74, 6) is -2.63. The molecule has 1 aromatic carbocycles. The molecule has 0 spiro atoms. The predicted octanol–water partition coefficient (Wildman–Crippen LogP) is 3.16. The van der Waals surface area contributed by atoms with Crippen LogP contribution in [-0.2, 0) is 4.79 Å². The molecular formula is C14H11F3N2O2. The van der Waals surface area contributed by atoms with Crippen LogP contribution in [-0.4, -0.2) is 27.9 Å². The number of nitrogens with zero attached hydrogens (tertiary/aromatic N) is 1. The van der Waals surface area contributed by atoms with E-state index < -0.39 is 12.1 Å². The number of aromatic amines is 1. The highest BCUT2D eigenvalue weighted by molar-refractivity contribution is 6.18. The quantitative estimate of drug-likeness (QED) is 0.836. The first-order chi connectivity index (χ1) is 9.88. The molecule has 1 heterocycles. The smallest absolute Gasteiger partial charge is 0.473 e. The van der Waals surface area contributed by atoms with E-state index in [1.54, 1.807) is 24.3 Å². The molecule has 0 atom stereocenters. The van der Waals surface area contributed by atoms with Crippen molar-refractivity contribution in [2.45, 2.75) is 19.0 Å². The molecule has 1 aliphatic carbocycles. The molecular weight excluding hydrogens is 285 g/mol. The first-order valence-electron chi connectivity index (χ1n) is 6.37. The van der Waals surface area contributed by atoms with Crippen LogP contribution in [0.1, 0.15) is 18.4 Å². The van der Waals surface area contributed by atoms with Gasteiger partial charge in [-0.3, -0.25) is 4.79 Å². The Hall–Kier alpha value is -2.31. The number of H-pyrrole nitrogens is 1. The van der Waals surface area contributed by atoms with Crippen molar-refractivity contribution >= 4 is 22.5 Å². The number of hydrogen-bond donors (Lipinski definition) is 2. The fourth-order valence-corrected chi connectivity index (χ4v) is 2.27. The number of halogens is 3. The summed E-state index contributed by atoms with van der Waals surface area (Å²) in [5, 5.41) is 10.5. The van der Waals surface area contributed by atoms with E-state index in [-0.39, 0.29) is 23.1 Å². The van der Waals surface area contributed by atoms with Gasteiger partial charge in [0.25, 0.3) is 0 Å². The molecule has 0 bridgehead atoms. The van der Waals surface area contributed by atoms with Gasteiger partial charge in [-0.1, -0.05) is 18.2 Å². The summed E-state index contributed by atoms with van der Waals surface area (Å²) in [6.45, 7) is 0. The number of aliphatic imine (C=N–C) groups is 1. The molecule has 0 unspecified atom stereocenters. The molecule has 0 saturated heterocycles. The van der Waals surface area contributed by atoms with Crippen molar-refractivity contribution in [2.75, 3.05) is 0 Å². The molecule has 1 saturated carbocycles. The van der Waals surface area contributed by atoms with E-state index >= 15 is 0 Å². The Labute approximate surface area is 117 Å². The second-order valence-electron chi connectivity index (χ2n) is 4.97. The minimum atomic E-state index is -5.01. The number of para-hydroxylation sites is 1. The van der Waals surface area contributed by atoms with Gasteiger partial charge in [0.2, 0.25) is 0 Å². The van der Waals surface area contributed by atoms with Crippen LogP contribution in [0.2, 0.25) is 0 Å². The third-order valence-electron chi connectivity index (χ3n) is 3.37. The van der Waals surface area contributed by atoms with Gasteiger partial charge in [-0.25, -0.2) is 4.99 Å². The lowest BCUT2D eigenvalue weighted by Gasteiger charge is -2.06. The van der Waals surface area contributed by atoms with E-state index in [9.17, 15) is 23.1 Å². The lowest BCUT2D eigenvalue weighted by atomic mass is 10.0. The number of fused-ring (bicyclic) bond motifs is 1. The first-order valence-corrected chi connectivity index (χ1v) is 6.37. The summed E-state index contributed by atoms with van der Waals surface area (Å²) in [7, 11) is 0. The molecule has 2 N–H and O–H groups in total. The van der Waals surface area contributed by atoms with Crippen molar-refractivity contribution in [3.05, 3.63) is 29.8 Å². The minimum Gasteiger partial charge on any atom is -0.494 e. The van der Waals surface area contributed by atoms with Crippen molar-refractivity contribution in [1.29, 1.82) is 0 Å². The van der Waals surface area contributed by atoms with Gasteiger partial charge in [0.1, 0.15) is 0 Å². The highest BCUT2D eigenvalue weighted by atomic mass is 19.4. The SMILES string of the molecule is O=C(N=C(c1c(O)[nH]c2ccccc12)C1CC1)C(F)(F)F. The molecule has 21 heavy (non-hydrogen) atoms. The monoisotopic (exact) mass is 296 g/mol. The zero-order valence-electron chi connectivity index (χ0n) is 10.7. The molecule has 4 nitrogen and oxygen atoms in total. The Morgan fingerprint density at radius 3 is 2.57 bits per heavy atom. The molecule has 7 heteroatoms. The molecule has 0 radical (unpaired) electrons. The Bertz CT molecular complexity index is 742. The van der Waals surface area contributed by atoms with E-state index in [1.807, 2.05) is 0 Å². The van der Waals surface area contributed by atoms with Crippen molar-refractivity contribution in [3.63, 3.8) is 0 Å². The van der Waals surface area contributed by atoms with Gasteiger partial charge in [-0.2, -0.15) is 13.2 Å². The first kappa shape index (κ1) is 13.7. The second-order valence-corrected chi connectivity index (χ2v) is 4.97. The third-order valence-corrected chi connectivity index (χ3v) is 3.37. The summed E-state index contributed by atoms with van der Waals surface area (Å²) < 4.78 is 37.3. The van der Waals surface area contributed by atoms with Gasteiger partial charge >= 0.3 is 12.1 Å². The summed E-state index contributed by atoms with van der Waals surface area (Å²) in [6.07, 6.45) is -3.70. The van der Waals surface area contributed by atoms with Gasteiger partial charge in [0.15, 0.2) is 5.88 Å². The van der Waals surface area contributed by atoms with E-state index in [0.717, 1.165) is 0 Å². The Balaban J connectivity index is 2.15. The van der Waals surface area contributed by atoms with Crippen LogP contribution in [0.3, 0.4) is 0 Å². The molecule has 1 aromatic heterocycles. The highest BCUT2D eigenvalue weighted by Crippen LogP contribution is 2.39. The predicted molar refractivity (Wildman–Crippen MR) is 70.3 cm³/mol. The van der Waals surface area contributed by atoms with Crippen LogP contribution < -0.4 is 0 Å². The maximum atomic E-state index is 12.4. The van der Waals surface area contributed by atoms with Gasteiger partial charge in [0, 0.05) is 16.8 Å². The highest BCUT2D eigenvalue weighted by Gasteiger charge is 2.41. The van der Waals surface area contributed by atoms with Crippen molar-refractivity contribution in [1.82, 2.24) is 4.98 Å². The number of benzene rings is 1. The van der Waals surface area contributed by atoms with E-state index in [1.165, 1.54) is 0 Å². The largest absolute Gasteiger partial charge is 0.494 e. The van der Waals surface area contributed by atoms with Crippen LogP contribution in [0.4, 0.5) is 13.2 Å². The number of carbonyl (C=O) groups is 1. The fraction of sp³-hybridized carbons (Fsp3) is 0.286. The maximum Gasteiger partial charge on any atom is 0.473 e. The Morgan fingerprint density at radius 1 is 1.29 bits per heavy atom. The lowest BCUT2D eigenvalue weighted by molar-refractivity contribution is -0.169. The van der Waals surface area contributed by atoms with E-state index in [2.05, 4.69) is 9.98 Å². The summed E-state index contributed by atoms with van der Waals surface area (Å²) >= 11 is 0. The maximum absolute atomic E-state index is 12.4. The lowest BCUT2D eigenvalue weighted by Crippen LogP contribution is -2.22. The van der Waals surface area contributed by atoms with Crippen molar-refractivity contribution < 1.29 is 23.1 Å². The molecule has 2 aromatic rings. The van der Waals surface area contributed by atoms with Crippen molar-refractivity contribution in [3.8, 4) is 5.88 Å². The standard InChI is InChI=1S/C14H11F3N2O2/c15-14(16,17)13(21)19-11(7-5-6-7)10-8-3-1-2-4-9(8)18-12(10)20/h1-4,7,18,20H,5-6H2. The van der Waals surface area contributed by atoms with Gasteiger partial charge in [-0.05, 0) is 18.9 Å². The van der Waals surface area contributed by atoms with Crippen LogP contribution in [0, 0.1) is 5.92 Å². The van der Waals surface area contributed by atoms with E-state index in [0.29, 0.717) is 23.7 Å². The number of amides is 1. The van der Waals surface area contributed by atoms with Crippen LogP contribution in [0.15, 0.2) is 29.3 Å². The molecule has 0 aliphatic heterocycles. The van der Waals surface area contributed by atoms with E-state index in [4.69, 9.17) is 0 Å². The number of hydrogen-bond acceptors (Lipinski definition) is 2. The number of aromatic nitrogens is 1. The summed E-state index contributed by atoms with van der Waals surface area (Å²) in [5.41, 5.74) is 0.774. The normalized spacial score (nSPS) is 16.4. The second kappa shape index (κ2) is 4.61. The molecule has 1 fully saturated rings.